The van der Waals surface area contributed by atoms with Crippen LogP contribution in [0.15, 0.2) is 22.7 Å². The van der Waals surface area contributed by atoms with Crippen molar-refractivity contribution in [2.75, 3.05) is 0 Å². The Morgan fingerprint density at radius 1 is 1.20 bits per heavy atom. The Bertz CT molecular complexity index is 264. The van der Waals surface area contributed by atoms with Crippen molar-refractivity contribution in [1.82, 2.24) is 5.64 Å². The molecule has 4 heteroatoms. The molecule has 1 aliphatic rings. The lowest BCUT2D eigenvalue weighted by Crippen LogP contribution is -2.14. The summed E-state index contributed by atoms with van der Waals surface area (Å²) in [6.07, 6.45) is 0. The SMILES string of the molecule is Brc1ccc2c(c1)ONO2. The molecule has 0 saturated carbocycles. The molecule has 0 saturated heterocycles. The Labute approximate surface area is 66.0 Å². The number of hydrogen-bond acceptors (Lipinski definition) is 3. The van der Waals surface area contributed by atoms with Gasteiger partial charge < -0.3 is 9.68 Å². The maximum absolute atomic E-state index is 4.88. The van der Waals surface area contributed by atoms with Gasteiger partial charge in [0.05, 0.1) is 0 Å². The molecule has 0 radical (unpaired) electrons. The van der Waals surface area contributed by atoms with E-state index in [2.05, 4.69) is 21.6 Å². The van der Waals surface area contributed by atoms with Gasteiger partial charge >= 0.3 is 0 Å². The van der Waals surface area contributed by atoms with Gasteiger partial charge in [-0.25, -0.2) is 0 Å². The summed E-state index contributed by atoms with van der Waals surface area (Å²) in [4.78, 5) is 9.74. The fourth-order valence-corrected chi connectivity index (χ4v) is 1.10. The Morgan fingerprint density at radius 2 is 2.00 bits per heavy atom. The lowest BCUT2D eigenvalue weighted by atomic mass is 10.3. The van der Waals surface area contributed by atoms with Crippen LogP contribution in [-0.2, 0) is 0 Å². The van der Waals surface area contributed by atoms with E-state index < -0.39 is 0 Å². The summed E-state index contributed by atoms with van der Waals surface area (Å²) in [5.74, 6) is 1.41. The van der Waals surface area contributed by atoms with Crippen molar-refractivity contribution in [3.63, 3.8) is 0 Å². The molecule has 3 nitrogen and oxygen atoms in total. The quantitative estimate of drug-likeness (QED) is 0.693. The van der Waals surface area contributed by atoms with E-state index >= 15 is 0 Å². The Hall–Kier alpha value is -0.740. The molecule has 1 aromatic carbocycles. The van der Waals surface area contributed by atoms with Crippen molar-refractivity contribution >= 4 is 15.9 Å². The second-order valence-electron chi connectivity index (χ2n) is 1.88. The number of fused-ring (bicyclic) bond motifs is 1. The van der Waals surface area contributed by atoms with Crippen LogP contribution in [0.3, 0.4) is 0 Å². The van der Waals surface area contributed by atoms with Crippen LogP contribution in [0.1, 0.15) is 0 Å². The fourth-order valence-electron chi connectivity index (χ4n) is 0.757. The molecule has 1 aromatic rings. The van der Waals surface area contributed by atoms with Gasteiger partial charge in [0, 0.05) is 16.2 Å². The zero-order valence-electron chi connectivity index (χ0n) is 4.93. The third-order valence-corrected chi connectivity index (χ3v) is 1.70. The highest BCUT2D eigenvalue weighted by atomic mass is 79.9. The summed E-state index contributed by atoms with van der Waals surface area (Å²) < 4.78 is 0.971. The standard InChI is InChI=1S/C6H4BrNO2/c7-4-1-2-5-6(3-4)10-8-9-5/h1-3,8H. The molecule has 0 amide bonds. The summed E-state index contributed by atoms with van der Waals surface area (Å²) in [7, 11) is 0. The van der Waals surface area contributed by atoms with E-state index in [1.807, 2.05) is 18.2 Å². The van der Waals surface area contributed by atoms with Gasteiger partial charge in [-0.2, -0.15) is 0 Å². The summed E-state index contributed by atoms with van der Waals surface area (Å²) in [5, 5.41) is 0. The number of halogens is 1. The molecule has 0 spiro atoms. The van der Waals surface area contributed by atoms with Crippen LogP contribution in [0.2, 0.25) is 0 Å². The highest BCUT2D eigenvalue weighted by Gasteiger charge is 2.12. The second-order valence-corrected chi connectivity index (χ2v) is 2.79. The average molecular weight is 202 g/mol. The van der Waals surface area contributed by atoms with E-state index in [0.717, 1.165) is 4.47 Å². The first-order valence-electron chi connectivity index (χ1n) is 2.74. The van der Waals surface area contributed by atoms with Gasteiger partial charge in [-0.05, 0) is 12.1 Å². The lowest BCUT2D eigenvalue weighted by molar-refractivity contribution is 0.0259. The molecule has 10 heavy (non-hydrogen) atoms. The van der Waals surface area contributed by atoms with Crippen LogP contribution < -0.4 is 15.3 Å². The highest BCUT2D eigenvalue weighted by molar-refractivity contribution is 9.10. The van der Waals surface area contributed by atoms with Crippen LogP contribution in [0.5, 0.6) is 11.5 Å². The Morgan fingerprint density at radius 3 is 2.90 bits per heavy atom. The molecular weight excluding hydrogens is 198 g/mol. The van der Waals surface area contributed by atoms with Crippen molar-refractivity contribution < 1.29 is 9.68 Å². The first kappa shape index (κ1) is 6.00. The van der Waals surface area contributed by atoms with Gasteiger partial charge in [0.25, 0.3) is 0 Å². The van der Waals surface area contributed by atoms with Gasteiger partial charge in [0.1, 0.15) is 0 Å². The minimum Gasteiger partial charge on any atom is -0.370 e. The summed E-state index contributed by atoms with van der Waals surface area (Å²) in [5.41, 5.74) is 2.29. The van der Waals surface area contributed by atoms with E-state index in [0.29, 0.717) is 11.5 Å². The summed E-state index contributed by atoms with van der Waals surface area (Å²) in [6.45, 7) is 0. The molecule has 1 N–H and O–H groups in total. The molecule has 52 valence electrons. The molecule has 0 aliphatic carbocycles. The molecule has 0 bridgehead atoms. The van der Waals surface area contributed by atoms with Crippen LogP contribution in [0.4, 0.5) is 0 Å². The number of hydrogen-bond donors (Lipinski definition) is 1. The zero-order chi connectivity index (χ0) is 6.97. The smallest absolute Gasteiger partial charge is 0.197 e. The molecule has 0 atom stereocenters. The van der Waals surface area contributed by atoms with Crippen molar-refractivity contribution in [3.05, 3.63) is 22.7 Å². The van der Waals surface area contributed by atoms with Crippen molar-refractivity contribution in [2.24, 2.45) is 0 Å². The summed E-state index contributed by atoms with van der Waals surface area (Å²) in [6, 6.07) is 5.53. The van der Waals surface area contributed by atoms with Crippen LogP contribution >= 0.6 is 15.9 Å². The van der Waals surface area contributed by atoms with E-state index in [-0.39, 0.29) is 0 Å². The largest absolute Gasteiger partial charge is 0.370 e. The number of rotatable bonds is 0. The zero-order valence-corrected chi connectivity index (χ0v) is 6.51. The second kappa shape index (κ2) is 2.14. The number of benzene rings is 1. The molecule has 1 aliphatic heterocycles. The molecule has 0 aromatic heterocycles. The minimum atomic E-state index is 0.703. The molecule has 2 rings (SSSR count). The van der Waals surface area contributed by atoms with Gasteiger partial charge in [-0.3, -0.25) is 0 Å². The van der Waals surface area contributed by atoms with Gasteiger partial charge in [-0.15, -0.1) is 0 Å². The maximum atomic E-state index is 4.88. The number of nitrogens with one attached hydrogen (secondary N) is 1. The van der Waals surface area contributed by atoms with Gasteiger partial charge in [-0.1, -0.05) is 15.9 Å². The molecule has 1 heterocycles. The molecular formula is C6H4BrNO2. The lowest BCUT2D eigenvalue weighted by Gasteiger charge is -1.91. The third-order valence-electron chi connectivity index (χ3n) is 1.21. The van der Waals surface area contributed by atoms with E-state index in [1.54, 1.807) is 0 Å². The van der Waals surface area contributed by atoms with E-state index in [9.17, 15) is 0 Å². The maximum Gasteiger partial charge on any atom is 0.197 e. The monoisotopic (exact) mass is 201 g/mol. The predicted molar refractivity (Wildman–Crippen MR) is 38.5 cm³/mol. The average Bonchev–Trinajstić information content (AvgIpc) is 2.33. The van der Waals surface area contributed by atoms with Gasteiger partial charge in [0.2, 0.25) is 0 Å². The normalized spacial score (nSPS) is 13.7. The topological polar surface area (TPSA) is 30.5 Å². The highest BCUT2D eigenvalue weighted by Crippen LogP contribution is 2.32. The van der Waals surface area contributed by atoms with Crippen LogP contribution in [-0.4, -0.2) is 0 Å². The van der Waals surface area contributed by atoms with Crippen molar-refractivity contribution in [3.8, 4) is 11.5 Å². The van der Waals surface area contributed by atoms with E-state index in [1.165, 1.54) is 0 Å². The molecule has 0 unspecified atom stereocenters. The molecule has 0 fully saturated rings. The minimum absolute atomic E-state index is 0.703. The third kappa shape index (κ3) is 0.853. The fraction of sp³-hybridized carbons (Fsp3) is 0. The van der Waals surface area contributed by atoms with Crippen LogP contribution in [0, 0.1) is 0 Å². The van der Waals surface area contributed by atoms with Crippen molar-refractivity contribution in [2.45, 2.75) is 0 Å². The predicted octanol–water partition coefficient (Wildman–Crippen LogP) is 1.64. The van der Waals surface area contributed by atoms with E-state index in [4.69, 9.17) is 9.68 Å². The Balaban J connectivity index is 2.52. The van der Waals surface area contributed by atoms with Crippen molar-refractivity contribution in [1.29, 1.82) is 0 Å². The van der Waals surface area contributed by atoms with Crippen LogP contribution in [0.25, 0.3) is 0 Å². The first-order chi connectivity index (χ1) is 4.86. The van der Waals surface area contributed by atoms with Gasteiger partial charge in [0.15, 0.2) is 11.5 Å². The first-order valence-corrected chi connectivity index (χ1v) is 3.54. The summed E-state index contributed by atoms with van der Waals surface area (Å²) >= 11 is 3.30. The Kier molecular flexibility index (Phi) is 1.28.